The lowest BCUT2D eigenvalue weighted by molar-refractivity contribution is 0.459. The molecule has 0 saturated carbocycles. The monoisotopic (exact) mass is 265 g/mol. The Morgan fingerprint density at radius 2 is 1.65 bits per heavy atom. The number of aromatic hydroxyl groups is 1. The molecule has 1 heterocycles. The maximum Gasteiger partial charge on any atom is 0.218 e. The minimum atomic E-state index is 0.0478. The van der Waals surface area contributed by atoms with Crippen molar-refractivity contribution in [2.75, 3.05) is 0 Å². The van der Waals surface area contributed by atoms with Gasteiger partial charge in [-0.1, -0.05) is 36.4 Å². The molecule has 1 aromatic heterocycles. The summed E-state index contributed by atoms with van der Waals surface area (Å²) in [7, 11) is 0. The number of nitrogens with zero attached hydrogens (tertiary/aromatic N) is 2. The lowest BCUT2D eigenvalue weighted by atomic mass is 10.1. The van der Waals surface area contributed by atoms with Crippen molar-refractivity contribution in [1.82, 2.24) is 4.98 Å². The van der Waals surface area contributed by atoms with Gasteiger partial charge in [0.25, 0.3) is 0 Å². The highest BCUT2D eigenvalue weighted by Gasteiger charge is 2.11. The maximum atomic E-state index is 10.00. The number of aromatic nitrogens is 1. The van der Waals surface area contributed by atoms with Crippen molar-refractivity contribution in [2.45, 2.75) is 13.8 Å². The zero-order valence-corrected chi connectivity index (χ0v) is 11.4. The number of aryl methyl sites for hydroxylation is 2. The van der Waals surface area contributed by atoms with Crippen molar-refractivity contribution in [2.24, 2.45) is 10.2 Å². The van der Waals surface area contributed by atoms with E-state index in [1.165, 1.54) is 0 Å². The second-order valence-electron chi connectivity index (χ2n) is 4.81. The smallest absolute Gasteiger partial charge is 0.218 e. The molecule has 0 amide bonds. The summed E-state index contributed by atoms with van der Waals surface area (Å²) in [5.41, 5.74) is 4.28. The standard InChI is InChI=1S/C16H15N3O/c1-10-6-3-4-9-13(10)18-19-15-12-8-5-7-11(2)14(12)17-16(15)20/h3-9,17,20H,1-2H3. The second-order valence-corrected chi connectivity index (χ2v) is 4.81. The van der Waals surface area contributed by atoms with E-state index >= 15 is 0 Å². The Morgan fingerprint density at radius 3 is 2.45 bits per heavy atom. The first-order valence-corrected chi connectivity index (χ1v) is 6.44. The first kappa shape index (κ1) is 12.4. The number of nitrogens with one attached hydrogen (secondary N) is 1. The fourth-order valence-corrected chi connectivity index (χ4v) is 2.22. The first-order chi connectivity index (χ1) is 9.66. The van der Waals surface area contributed by atoms with Gasteiger partial charge in [0.2, 0.25) is 5.88 Å². The van der Waals surface area contributed by atoms with E-state index in [1.54, 1.807) is 0 Å². The van der Waals surface area contributed by atoms with Gasteiger partial charge >= 0.3 is 0 Å². The Hall–Kier alpha value is -2.62. The molecule has 0 radical (unpaired) electrons. The van der Waals surface area contributed by atoms with Crippen LogP contribution in [0.25, 0.3) is 10.9 Å². The summed E-state index contributed by atoms with van der Waals surface area (Å²) in [5.74, 6) is 0.0478. The zero-order valence-electron chi connectivity index (χ0n) is 11.4. The molecule has 0 atom stereocenters. The molecule has 3 rings (SSSR count). The van der Waals surface area contributed by atoms with Gasteiger partial charge in [0.1, 0.15) is 0 Å². The Labute approximate surface area is 116 Å². The fraction of sp³-hybridized carbons (Fsp3) is 0.125. The Balaban J connectivity index is 2.10. The van der Waals surface area contributed by atoms with Crippen LogP contribution >= 0.6 is 0 Å². The highest BCUT2D eigenvalue weighted by Crippen LogP contribution is 2.37. The van der Waals surface area contributed by atoms with E-state index in [4.69, 9.17) is 0 Å². The number of H-pyrrole nitrogens is 1. The van der Waals surface area contributed by atoms with Crippen molar-refractivity contribution >= 4 is 22.3 Å². The van der Waals surface area contributed by atoms with Gasteiger partial charge < -0.3 is 10.1 Å². The average Bonchev–Trinajstić information content (AvgIpc) is 2.76. The van der Waals surface area contributed by atoms with Crippen molar-refractivity contribution in [3.63, 3.8) is 0 Å². The quantitative estimate of drug-likeness (QED) is 0.636. The summed E-state index contributed by atoms with van der Waals surface area (Å²) in [4.78, 5) is 2.95. The predicted octanol–water partition coefficient (Wildman–Crippen LogP) is 4.91. The van der Waals surface area contributed by atoms with Crippen molar-refractivity contribution in [3.05, 3.63) is 53.6 Å². The summed E-state index contributed by atoms with van der Waals surface area (Å²) in [6, 6.07) is 13.6. The highest BCUT2D eigenvalue weighted by atomic mass is 16.3. The third kappa shape index (κ3) is 2.05. The van der Waals surface area contributed by atoms with Crippen LogP contribution in [0.3, 0.4) is 0 Å². The van der Waals surface area contributed by atoms with Gasteiger partial charge in [-0.3, -0.25) is 0 Å². The summed E-state index contributed by atoms with van der Waals surface area (Å²) >= 11 is 0. The van der Waals surface area contributed by atoms with Crippen LogP contribution in [0, 0.1) is 13.8 Å². The van der Waals surface area contributed by atoms with Crippen molar-refractivity contribution < 1.29 is 5.11 Å². The lowest BCUT2D eigenvalue weighted by Crippen LogP contribution is -1.73. The van der Waals surface area contributed by atoms with Gasteiger partial charge in [-0.25, -0.2) is 0 Å². The van der Waals surface area contributed by atoms with Crippen LogP contribution in [0.15, 0.2) is 52.7 Å². The van der Waals surface area contributed by atoms with Gasteiger partial charge in [0.05, 0.1) is 11.2 Å². The van der Waals surface area contributed by atoms with E-state index in [9.17, 15) is 5.11 Å². The summed E-state index contributed by atoms with van der Waals surface area (Å²) in [5, 5.41) is 19.3. The molecule has 0 aliphatic rings. The molecule has 0 unspecified atom stereocenters. The van der Waals surface area contributed by atoms with E-state index in [0.717, 1.165) is 27.7 Å². The number of fused-ring (bicyclic) bond motifs is 1. The summed E-state index contributed by atoms with van der Waals surface area (Å²) in [6.45, 7) is 3.97. The number of para-hydroxylation sites is 1. The molecule has 2 N–H and O–H groups in total. The van der Waals surface area contributed by atoms with Crippen molar-refractivity contribution in [3.8, 4) is 5.88 Å². The van der Waals surface area contributed by atoms with Gasteiger partial charge in [-0.15, -0.1) is 5.11 Å². The Morgan fingerprint density at radius 1 is 0.900 bits per heavy atom. The number of hydrogen-bond donors (Lipinski definition) is 2. The third-order valence-corrected chi connectivity index (χ3v) is 3.37. The SMILES string of the molecule is Cc1ccccc1N=Nc1c(O)[nH]c2c(C)cccc12. The first-order valence-electron chi connectivity index (χ1n) is 6.44. The molecule has 4 nitrogen and oxygen atoms in total. The van der Waals surface area contributed by atoms with E-state index in [2.05, 4.69) is 15.2 Å². The van der Waals surface area contributed by atoms with Crippen LogP contribution in [0.2, 0.25) is 0 Å². The lowest BCUT2D eigenvalue weighted by Gasteiger charge is -1.97. The third-order valence-electron chi connectivity index (χ3n) is 3.37. The molecule has 4 heteroatoms. The topological polar surface area (TPSA) is 60.7 Å². The largest absolute Gasteiger partial charge is 0.493 e. The zero-order chi connectivity index (χ0) is 14.1. The second kappa shape index (κ2) is 4.81. The minimum absolute atomic E-state index is 0.0478. The number of hydrogen-bond acceptors (Lipinski definition) is 3. The number of azo groups is 1. The van der Waals surface area contributed by atoms with Gasteiger partial charge in [0.15, 0.2) is 5.69 Å². The Bertz CT molecular complexity index is 803. The highest BCUT2D eigenvalue weighted by molar-refractivity contribution is 5.95. The summed E-state index contributed by atoms with van der Waals surface area (Å²) in [6.07, 6.45) is 0. The summed E-state index contributed by atoms with van der Waals surface area (Å²) < 4.78 is 0. The van der Waals surface area contributed by atoms with E-state index in [1.807, 2.05) is 56.3 Å². The molecule has 0 spiro atoms. The number of rotatable bonds is 2. The molecule has 0 fully saturated rings. The molecular weight excluding hydrogens is 250 g/mol. The molecule has 3 aromatic rings. The molecule has 20 heavy (non-hydrogen) atoms. The van der Waals surface area contributed by atoms with Crippen LogP contribution in [0.4, 0.5) is 11.4 Å². The molecule has 100 valence electrons. The predicted molar refractivity (Wildman–Crippen MR) is 80.1 cm³/mol. The Kier molecular flexibility index (Phi) is 2.99. The van der Waals surface area contributed by atoms with E-state index in [0.29, 0.717) is 5.69 Å². The van der Waals surface area contributed by atoms with Crippen LogP contribution in [0.5, 0.6) is 5.88 Å². The van der Waals surface area contributed by atoms with Crippen molar-refractivity contribution in [1.29, 1.82) is 0 Å². The van der Waals surface area contributed by atoms with Gasteiger partial charge in [0, 0.05) is 5.39 Å². The van der Waals surface area contributed by atoms with Crippen LogP contribution < -0.4 is 0 Å². The minimum Gasteiger partial charge on any atom is -0.493 e. The fourth-order valence-electron chi connectivity index (χ4n) is 2.22. The molecule has 0 aliphatic carbocycles. The molecular formula is C16H15N3O. The van der Waals surface area contributed by atoms with Gasteiger partial charge in [-0.2, -0.15) is 5.11 Å². The van der Waals surface area contributed by atoms with Crippen LogP contribution in [0.1, 0.15) is 11.1 Å². The average molecular weight is 265 g/mol. The number of aromatic amines is 1. The van der Waals surface area contributed by atoms with Crippen LogP contribution in [-0.4, -0.2) is 10.1 Å². The molecule has 0 saturated heterocycles. The number of benzene rings is 2. The van der Waals surface area contributed by atoms with Gasteiger partial charge in [-0.05, 0) is 31.0 Å². The molecule has 0 aliphatic heterocycles. The normalized spacial score (nSPS) is 11.5. The van der Waals surface area contributed by atoms with E-state index in [-0.39, 0.29) is 5.88 Å². The molecule has 2 aromatic carbocycles. The van der Waals surface area contributed by atoms with E-state index < -0.39 is 0 Å². The molecule has 0 bridgehead atoms. The van der Waals surface area contributed by atoms with Crippen LogP contribution in [-0.2, 0) is 0 Å². The maximum absolute atomic E-state index is 10.00.